The fourth-order valence-electron chi connectivity index (χ4n) is 0.979. The molecule has 0 aromatic carbocycles. The van der Waals surface area contributed by atoms with Crippen LogP contribution in [-0.4, -0.2) is 22.4 Å². The van der Waals surface area contributed by atoms with Gasteiger partial charge in [0.25, 0.3) is 6.43 Å². The zero-order valence-electron chi connectivity index (χ0n) is 8.13. The predicted molar refractivity (Wildman–Crippen MR) is 42.8 cm³/mol. The van der Waals surface area contributed by atoms with E-state index in [0.29, 0.717) is 0 Å². The fraction of sp³-hybridized carbons (Fsp3) is 0.250. The Kier molecular flexibility index (Phi) is 3.67. The van der Waals surface area contributed by atoms with Crippen LogP contribution in [0.25, 0.3) is 0 Å². The molecule has 0 saturated heterocycles. The number of carboxylic acid groups (broad SMARTS) is 1. The standard InChI is InChI=1S/C8H3F6NO3/c9-3-1-2(7(16)17)6(18-8(12,13)14)15-4(3)5(10)11/h1,5H,(H,16,17). The molecular weight excluding hydrogens is 272 g/mol. The Morgan fingerprint density at radius 1 is 1.39 bits per heavy atom. The molecule has 0 unspecified atom stereocenters. The number of carbonyl (C=O) groups is 1. The number of rotatable bonds is 3. The van der Waals surface area contributed by atoms with Gasteiger partial charge in [0.2, 0.25) is 5.88 Å². The molecule has 0 aliphatic rings. The highest BCUT2D eigenvalue weighted by atomic mass is 19.4. The molecule has 4 nitrogen and oxygen atoms in total. The summed E-state index contributed by atoms with van der Waals surface area (Å²) >= 11 is 0. The quantitative estimate of drug-likeness (QED) is 0.862. The van der Waals surface area contributed by atoms with Crippen LogP contribution in [-0.2, 0) is 0 Å². The van der Waals surface area contributed by atoms with Gasteiger partial charge in [0, 0.05) is 0 Å². The van der Waals surface area contributed by atoms with Crippen molar-refractivity contribution in [3.8, 4) is 5.88 Å². The molecule has 10 heteroatoms. The summed E-state index contributed by atoms with van der Waals surface area (Å²) < 4.78 is 76.1. The van der Waals surface area contributed by atoms with E-state index in [-0.39, 0.29) is 6.07 Å². The lowest BCUT2D eigenvalue weighted by Crippen LogP contribution is -2.21. The van der Waals surface area contributed by atoms with Crippen molar-refractivity contribution in [2.75, 3.05) is 0 Å². The highest BCUT2D eigenvalue weighted by molar-refractivity contribution is 5.90. The minimum atomic E-state index is -5.34. The van der Waals surface area contributed by atoms with E-state index in [2.05, 4.69) is 9.72 Å². The van der Waals surface area contributed by atoms with E-state index in [1.807, 2.05) is 0 Å². The molecule has 1 N–H and O–H groups in total. The first-order chi connectivity index (χ1) is 8.11. The van der Waals surface area contributed by atoms with Crippen molar-refractivity contribution in [2.45, 2.75) is 12.8 Å². The minimum absolute atomic E-state index is 0.0160. The van der Waals surface area contributed by atoms with Crippen molar-refractivity contribution in [3.05, 3.63) is 23.1 Å². The summed E-state index contributed by atoms with van der Waals surface area (Å²) in [5.41, 5.74) is -2.94. The summed E-state index contributed by atoms with van der Waals surface area (Å²) in [5, 5.41) is 8.47. The van der Waals surface area contributed by atoms with E-state index in [0.717, 1.165) is 0 Å². The zero-order chi connectivity index (χ0) is 14.1. The molecule has 0 atom stereocenters. The van der Waals surface area contributed by atoms with Crippen LogP contribution in [0.3, 0.4) is 0 Å². The largest absolute Gasteiger partial charge is 0.574 e. The van der Waals surface area contributed by atoms with Crippen LogP contribution < -0.4 is 4.74 Å². The number of alkyl halides is 5. The summed E-state index contributed by atoms with van der Waals surface area (Å²) in [6.45, 7) is 0. The maximum atomic E-state index is 12.9. The molecule has 0 bridgehead atoms. The van der Waals surface area contributed by atoms with Crippen molar-refractivity contribution in [1.82, 2.24) is 4.98 Å². The zero-order valence-corrected chi connectivity index (χ0v) is 8.13. The first kappa shape index (κ1) is 14.1. The van der Waals surface area contributed by atoms with E-state index in [1.54, 1.807) is 0 Å². The maximum absolute atomic E-state index is 12.9. The van der Waals surface area contributed by atoms with Crippen LogP contribution in [0.1, 0.15) is 22.5 Å². The summed E-state index contributed by atoms with van der Waals surface area (Å²) in [4.78, 5) is 13.0. The van der Waals surface area contributed by atoms with Gasteiger partial charge in [0.1, 0.15) is 11.3 Å². The van der Waals surface area contributed by atoms with Crippen LogP contribution in [0.4, 0.5) is 26.3 Å². The Morgan fingerprint density at radius 2 is 1.94 bits per heavy atom. The number of aromatic carboxylic acids is 1. The van der Waals surface area contributed by atoms with Crippen molar-refractivity contribution in [1.29, 1.82) is 0 Å². The van der Waals surface area contributed by atoms with Crippen molar-refractivity contribution < 1.29 is 41.0 Å². The normalized spacial score (nSPS) is 11.7. The van der Waals surface area contributed by atoms with Crippen LogP contribution in [0.2, 0.25) is 0 Å². The predicted octanol–water partition coefficient (Wildman–Crippen LogP) is 2.76. The Hall–Kier alpha value is -2.00. The lowest BCUT2D eigenvalue weighted by molar-refractivity contribution is -0.276. The van der Waals surface area contributed by atoms with Crippen molar-refractivity contribution >= 4 is 5.97 Å². The molecule has 0 radical (unpaired) electrons. The van der Waals surface area contributed by atoms with Crippen molar-refractivity contribution in [3.63, 3.8) is 0 Å². The summed E-state index contributed by atoms with van der Waals surface area (Å²) in [5.74, 6) is -5.38. The van der Waals surface area contributed by atoms with Crippen LogP contribution in [0.15, 0.2) is 6.07 Å². The lowest BCUT2D eigenvalue weighted by Gasteiger charge is -2.11. The Bertz CT molecular complexity index is 473. The van der Waals surface area contributed by atoms with Gasteiger partial charge in [-0.05, 0) is 6.07 Å². The summed E-state index contributed by atoms with van der Waals surface area (Å²) in [6, 6.07) is -0.0160. The average molecular weight is 275 g/mol. The number of halogens is 6. The highest BCUT2D eigenvalue weighted by Gasteiger charge is 2.35. The second-order valence-corrected chi connectivity index (χ2v) is 2.86. The van der Waals surface area contributed by atoms with Gasteiger partial charge in [-0.3, -0.25) is 0 Å². The van der Waals surface area contributed by atoms with Crippen LogP contribution >= 0.6 is 0 Å². The third-order valence-corrected chi connectivity index (χ3v) is 1.62. The Morgan fingerprint density at radius 3 is 2.33 bits per heavy atom. The number of aromatic nitrogens is 1. The molecule has 1 rings (SSSR count). The number of hydrogen-bond donors (Lipinski definition) is 1. The summed E-state index contributed by atoms with van der Waals surface area (Å²) in [7, 11) is 0. The van der Waals surface area contributed by atoms with E-state index in [4.69, 9.17) is 5.11 Å². The number of hydrogen-bond acceptors (Lipinski definition) is 3. The summed E-state index contributed by atoms with van der Waals surface area (Å²) in [6.07, 6.45) is -8.85. The molecule has 0 aliphatic carbocycles. The Balaban J connectivity index is 3.35. The van der Waals surface area contributed by atoms with Gasteiger partial charge in [0.15, 0.2) is 5.82 Å². The molecule has 1 heterocycles. The molecule has 1 aromatic heterocycles. The molecule has 0 saturated carbocycles. The monoisotopic (exact) mass is 275 g/mol. The second kappa shape index (κ2) is 4.70. The van der Waals surface area contributed by atoms with Crippen LogP contribution in [0, 0.1) is 5.82 Å². The number of ether oxygens (including phenoxy) is 1. The van der Waals surface area contributed by atoms with Crippen molar-refractivity contribution in [2.24, 2.45) is 0 Å². The highest BCUT2D eigenvalue weighted by Crippen LogP contribution is 2.29. The topological polar surface area (TPSA) is 59.4 Å². The molecule has 0 spiro atoms. The average Bonchev–Trinajstić information content (AvgIpc) is 2.17. The van der Waals surface area contributed by atoms with E-state index >= 15 is 0 Å². The molecule has 0 amide bonds. The molecule has 0 fully saturated rings. The molecule has 18 heavy (non-hydrogen) atoms. The van der Waals surface area contributed by atoms with Gasteiger partial charge in [-0.2, -0.15) is 0 Å². The lowest BCUT2D eigenvalue weighted by atomic mass is 10.2. The molecule has 1 aromatic rings. The second-order valence-electron chi connectivity index (χ2n) is 2.86. The maximum Gasteiger partial charge on any atom is 0.574 e. The fourth-order valence-corrected chi connectivity index (χ4v) is 0.979. The third kappa shape index (κ3) is 3.25. The molecule has 0 aliphatic heterocycles. The van der Waals surface area contributed by atoms with Gasteiger partial charge in [-0.25, -0.2) is 22.9 Å². The number of pyridine rings is 1. The molecular formula is C8H3F6NO3. The van der Waals surface area contributed by atoms with Crippen LogP contribution in [0.5, 0.6) is 5.88 Å². The van der Waals surface area contributed by atoms with Gasteiger partial charge < -0.3 is 9.84 Å². The Labute approximate surface area is 94.8 Å². The first-order valence-electron chi connectivity index (χ1n) is 4.09. The SMILES string of the molecule is O=C(O)c1cc(F)c(C(F)F)nc1OC(F)(F)F. The third-order valence-electron chi connectivity index (χ3n) is 1.62. The van der Waals surface area contributed by atoms with E-state index in [1.165, 1.54) is 0 Å². The van der Waals surface area contributed by atoms with Gasteiger partial charge in [0.05, 0.1) is 0 Å². The first-order valence-corrected chi connectivity index (χ1v) is 4.09. The molecule has 100 valence electrons. The van der Waals surface area contributed by atoms with Gasteiger partial charge in [-0.15, -0.1) is 13.2 Å². The number of carboxylic acids is 1. The van der Waals surface area contributed by atoms with E-state index < -0.39 is 41.7 Å². The number of nitrogens with zero attached hydrogens (tertiary/aromatic N) is 1. The van der Waals surface area contributed by atoms with Gasteiger partial charge >= 0.3 is 12.3 Å². The minimum Gasteiger partial charge on any atom is -0.477 e. The van der Waals surface area contributed by atoms with Gasteiger partial charge in [-0.1, -0.05) is 0 Å². The smallest absolute Gasteiger partial charge is 0.477 e. The van der Waals surface area contributed by atoms with E-state index in [9.17, 15) is 31.1 Å².